The molecule has 0 saturated carbocycles. The highest BCUT2D eigenvalue weighted by molar-refractivity contribution is 6.32. The zero-order valence-corrected chi connectivity index (χ0v) is 14.1. The molecule has 0 unspecified atom stereocenters. The summed E-state index contributed by atoms with van der Waals surface area (Å²) < 4.78 is 11.1. The fourth-order valence-corrected chi connectivity index (χ4v) is 4.07. The quantitative estimate of drug-likeness (QED) is 0.787. The number of benzene rings is 1. The Kier molecular flexibility index (Phi) is 3.54. The Bertz CT molecular complexity index is 734. The summed E-state index contributed by atoms with van der Waals surface area (Å²) in [6.45, 7) is 5.96. The molecule has 0 spiro atoms. The summed E-state index contributed by atoms with van der Waals surface area (Å²) in [5, 5.41) is 10.3. The number of nitrogens with zero attached hydrogens (tertiary/aromatic N) is 1. The molecule has 0 amide bonds. The lowest BCUT2D eigenvalue weighted by Crippen LogP contribution is -2.39. The van der Waals surface area contributed by atoms with E-state index in [1.165, 1.54) is 16.7 Å². The number of fused-ring (bicyclic) bond motifs is 4. The van der Waals surface area contributed by atoms with Gasteiger partial charge in [-0.15, -0.1) is 0 Å². The van der Waals surface area contributed by atoms with Crippen molar-refractivity contribution in [3.63, 3.8) is 0 Å². The molecule has 0 radical (unpaired) electrons. The molecule has 1 aromatic rings. The maximum atomic E-state index is 9.77. The van der Waals surface area contributed by atoms with E-state index >= 15 is 0 Å². The van der Waals surface area contributed by atoms with Crippen LogP contribution in [0, 0.1) is 0 Å². The van der Waals surface area contributed by atoms with E-state index in [0.717, 1.165) is 43.0 Å². The van der Waals surface area contributed by atoms with E-state index in [1.807, 2.05) is 0 Å². The summed E-state index contributed by atoms with van der Waals surface area (Å²) in [4.78, 5) is 2.49. The highest BCUT2D eigenvalue weighted by Crippen LogP contribution is 2.45. The Morgan fingerprint density at radius 3 is 2.78 bits per heavy atom. The van der Waals surface area contributed by atoms with Gasteiger partial charge in [0.25, 0.3) is 0 Å². The van der Waals surface area contributed by atoms with Crippen molar-refractivity contribution < 1.29 is 14.6 Å². The van der Waals surface area contributed by atoms with Gasteiger partial charge in [-0.1, -0.05) is 17.2 Å². The molecular weight excluding hydrogens is 314 g/mol. The van der Waals surface area contributed by atoms with Crippen LogP contribution in [0.3, 0.4) is 0 Å². The summed E-state index contributed by atoms with van der Waals surface area (Å²) in [5.74, 6) is 1.87. The topological polar surface area (TPSA) is 41.9 Å². The standard InChI is InChI=1S/C18H20ClNO3/c1-10-8-20-4-3-12-5-16-17(23-9-22-16)7-14(12)15(20)6-13(10)18(19)11(2)21/h5,7,15,21H,3-4,6,8-9H2,1-2H3/b18-11-/t15-/m0/s1. The molecule has 5 heteroatoms. The van der Waals surface area contributed by atoms with Crippen LogP contribution in [0.25, 0.3) is 0 Å². The van der Waals surface area contributed by atoms with Crippen molar-refractivity contribution in [2.24, 2.45) is 0 Å². The Labute approximate surface area is 140 Å². The first-order valence-electron chi connectivity index (χ1n) is 7.95. The molecule has 1 aromatic carbocycles. The van der Waals surface area contributed by atoms with Gasteiger partial charge in [0, 0.05) is 19.1 Å². The van der Waals surface area contributed by atoms with Gasteiger partial charge >= 0.3 is 0 Å². The van der Waals surface area contributed by atoms with E-state index in [-0.39, 0.29) is 11.8 Å². The predicted molar refractivity (Wildman–Crippen MR) is 89.1 cm³/mol. The zero-order chi connectivity index (χ0) is 16.1. The summed E-state index contributed by atoms with van der Waals surface area (Å²) in [6, 6.07) is 4.52. The Balaban J connectivity index is 1.75. The zero-order valence-electron chi connectivity index (χ0n) is 13.4. The van der Waals surface area contributed by atoms with Gasteiger partial charge < -0.3 is 14.6 Å². The normalized spacial score (nSPS) is 24.2. The molecule has 0 aromatic heterocycles. The first kappa shape index (κ1) is 14.9. The van der Waals surface area contributed by atoms with Crippen LogP contribution in [0.1, 0.15) is 37.4 Å². The largest absolute Gasteiger partial charge is 0.511 e. The number of hydrogen-bond donors (Lipinski definition) is 1. The molecule has 3 aliphatic rings. The van der Waals surface area contributed by atoms with Crippen molar-refractivity contribution in [3.8, 4) is 11.5 Å². The first-order chi connectivity index (χ1) is 11.0. The van der Waals surface area contributed by atoms with Gasteiger partial charge in [0.2, 0.25) is 6.79 Å². The van der Waals surface area contributed by atoms with E-state index < -0.39 is 0 Å². The minimum atomic E-state index is 0.191. The van der Waals surface area contributed by atoms with Gasteiger partial charge in [-0.05, 0) is 55.5 Å². The Morgan fingerprint density at radius 1 is 1.30 bits per heavy atom. The van der Waals surface area contributed by atoms with Crippen molar-refractivity contribution in [2.75, 3.05) is 19.9 Å². The van der Waals surface area contributed by atoms with Crippen molar-refractivity contribution in [1.82, 2.24) is 4.90 Å². The second-order valence-corrected chi connectivity index (χ2v) is 6.88. The lowest BCUT2D eigenvalue weighted by Gasteiger charge is -2.42. The minimum absolute atomic E-state index is 0.191. The number of ether oxygens (including phenoxy) is 2. The van der Waals surface area contributed by atoms with E-state index in [2.05, 4.69) is 24.0 Å². The average Bonchev–Trinajstić information content (AvgIpc) is 2.98. The van der Waals surface area contributed by atoms with E-state index in [4.69, 9.17) is 21.1 Å². The maximum absolute atomic E-state index is 9.77. The van der Waals surface area contributed by atoms with Crippen LogP contribution in [0.4, 0.5) is 0 Å². The minimum Gasteiger partial charge on any atom is -0.511 e. The molecule has 1 atom stereocenters. The van der Waals surface area contributed by atoms with Crippen molar-refractivity contribution in [2.45, 2.75) is 32.7 Å². The molecular formula is C18H20ClNO3. The van der Waals surface area contributed by atoms with Crippen LogP contribution >= 0.6 is 11.6 Å². The summed E-state index contributed by atoms with van der Waals surface area (Å²) >= 11 is 6.35. The van der Waals surface area contributed by atoms with Gasteiger partial charge in [0.1, 0.15) is 5.76 Å². The highest BCUT2D eigenvalue weighted by Gasteiger charge is 2.34. The van der Waals surface area contributed by atoms with Crippen molar-refractivity contribution in [3.05, 3.63) is 45.2 Å². The molecule has 0 bridgehead atoms. The third-order valence-corrected chi connectivity index (χ3v) is 5.54. The lowest BCUT2D eigenvalue weighted by molar-refractivity contribution is 0.173. The second kappa shape index (κ2) is 5.46. The number of aliphatic hydroxyl groups is 1. The molecule has 0 aliphatic carbocycles. The lowest BCUT2D eigenvalue weighted by atomic mass is 9.84. The second-order valence-electron chi connectivity index (χ2n) is 6.50. The van der Waals surface area contributed by atoms with Crippen molar-refractivity contribution >= 4 is 11.6 Å². The van der Waals surface area contributed by atoms with Crippen molar-refractivity contribution in [1.29, 1.82) is 0 Å². The third-order valence-electron chi connectivity index (χ3n) is 5.04. The summed E-state index contributed by atoms with van der Waals surface area (Å²) in [7, 11) is 0. The number of halogens is 1. The molecule has 4 rings (SSSR count). The fourth-order valence-electron chi connectivity index (χ4n) is 3.83. The SMILES string of the molecule is CC1=C(/C(Cl)=C(\C)O)C[C@H]2c3cc4c(cc3CCN2C1)OCO4. The predicted octanol–water partition coefficient (Wildman–Crippen LogP) is 4.06. The van der Waals surface area contributed by atoms with Gasteiger partial charge in [0.15, 0.2) is 11.5 Å². The Hall–Kier alpha value is -1.65. The van der Waals surface area contributed by atoms with Crippen LogP contribution in [0.5, 0.6) is 11.5 Å². The van der Waals surface area contributed by atoms with Crippen LogP contribution in [-0.4, -0.2) is 29.9 Å². The average molecular weight is 334 g/mol. The van der Waals surface area contributed by atoms with Gasteiger partial charge in [-0.25, -0.2) is 0 Å². The molecule has 0 saturated heterocycles. The number of aliphatic hydroxyl groups excluding tert-OH is 1. The fraction of sp³-hybridized carbons (Fsp3) is 0.444. The number of rotatable bonds is 1. The van der Waals surface area contributed by atoms with Crippen LogP contribution in [0.2, 0.25) is 0 Å². The molecule has 3 heterocycles. The van der Waals surface area contributed by atoms with Crippen LogP contribution in [-0.2, 0) is 6.42 Å². The smallest absolute Gasteiger partial charge is 0.231 e. The van der Waals surface area contributed by atoms with E-state index in [1.54, 1.807) is 6.92 Å². The van der Waals surface area contributed by atoms with E-state index in [9.17, 15) is 5.11 Å². The monoisotopic (exact) mass is 333 g/mol. The highest BCUT2D eigenvalue weighted by atomic mass is 35.5. The third kappa shape index (κ3) is 2.41. The van der Waals surface area contributed by atoms with Gasteiger partial charge in [0.05, 0.1) is 5.03 Å². The number of hydrogen-bond acceptors (Lipinski definition) is 4. The molecule has 3 aliphatic heterocycles. The maximum Gasteiger partial charge on any atom is 0.231 e. The van der Waals surface area contributed by atoms with Gasteiger partial charge in [-0.2, -0.15) is 0 Å². The van der Waals surface area contributed by atoms with E-state index in [0.29, 0.717) is 11.8 Å². The molecule has 4 nitrogen and oxygen atoms in total. The van der Waals surface area contributed by atoms with Crippen LogP contribution < -0.4 is 9.47 Å². The summed E-state index contributed by atoms with van der Waals surface area (Å²) in [5.41, 5.74) is 4.93. The van der Waals surface area contributed by atoms with Crippen LogP contribution in [0.15, 0.2) is 34.1 Å². The number of allylic oxidation sites excluding steroid dienone is 2. The molecule has 23 heavy (non-hydrogen) atoms. The Morgan fingerprint density at radius 2 is 2.04 bits per heavy atom. The summed E-state index contributed by atoms with van der Waals surface area (Å²) in [6.07, 6.45) is 1.84. The molecule has 122 valence electrons. The molecule has 1 N–H and O–H groups in total. The van der Waals surface area contributed by atoms with Gasteiger partial charge in [-0.3, -0.25) is 4.90 Å². The first-order valence-corrected chi connectivity index (χ1v) is 8.33. The molecule has 0 fully saturated rings.